The van der Waals surface area contributed by atoms with Gasteiger partial charge in [0.05, 0.1) is 28.9 Å². The fourth-order valence-electron chi connectivity index (χ4n) is 3.65. The second-order valence-electron chi connectivity index (χ2n) is 6.78. The van der Waals surface area contributed by atoms with Gasteiger partial charge in [0.25, 0.3) is 0 Å². The van der Waals surface area contributed by atoms with Crippen LogP contribution in [0.4, 0.5) is 0 Å². The molecule has 5 rings (SSSR count). The van der Waals surface area contributed by atoms with Gasteiger partial charge in [-0.25, -0.2) is 9.31 Å². The maximum Gasteiger partial charge on any atom is 0.338 e. The Balaban J connectivity index is 1.85. The number of hydrogen-bond acceptors (Lipinski definition) is 5. The lowest BCUT2D eigenvalue weighted by molar-refractivity contribution is 0.0526. The average Bonchev–Trinajstić information content (AvgIpc) is 3.18. The van der Waals surface area contributed by atoms with Crippen LogP contribution in [0.1, 0.15) is 17.3 Å². The van der Waals surface area contributed by atoms with E-state index >= 15 is 0 Å². The predicted molar refractivity (Wildman–Crippen MR) is 115 cm³/mol. The number of fused-ring (bicyclic) bond motifs is 2. The standard InChI is InChI=1S/C24H18N4O2/c1-2-30-24(29)16-11-14-28-21(15-16)22(23(27-28)20-9-5-6-12-25-20)18-10-13-26-19-8-4-3-7-17(18)19/h3-15H,2H2,1H3. The van der Waals surface area contributed by atoms with Crippen LogP contribution in [0.5, 0.6) is 0 Å². The van der Waals surface area contributed by atoms with E-state index < -0.39 is 0 Å². The van der Waals surface area contributed by atoms with Crippen LogP contribution in [0.2, 0.25) is 0 Å². The van der Waals surface area contributed by atoms with Crippen molar-refractivity contribution in [1.29, 1.82) is 0 Å². The second-order valence-corrected chi connectivity index (χ2v) is 6.78. The van der Waals surface area contributed by atoms with Crippen molar-refractivity contribution in [1.82, 2.24) is 19.6 Å². The molecule has 4 heterocycles. The highest BCUT2D eigenvalue weighted by molar-refractivity contribution is 6.04. The number of rotatable bonds is 4. The van der Waals surface area contributed by atoms with Crippen molar-refractivity contribution in [3.63, 3.8) is 0 Å². The molecule has 0 saturated carbocycles. The molecule has 0 N–H and O–H groups in total. The topological polar surface area (TPSA) is 69.4 Å². The number of carbonyl (C=O) groups excluding carboxylic acids is 1. The number of hydrogen-bond donors (Lipinski definition) is 0. The molecule has 0 radical (unpaired) electrons. The van der Waals surface area contributed by atoms with Crippen LogP contribution >= 0.6 is 0 Å². The summed E-state index contributed by atoms with van der Waals surface area (Å²) < 4.78 is 6.97. The first kappa shape index (κ1) is 18.0. The summed E-state index contributed by atoms with van der Waals surface area (Å²) in [4.78, 5) is 21.4. The average molecular weight is 394 g/mol. The van der Waals surface area contributed by atoms with Gasteiger partial charge in [-0.1, -0.05) is 24.3 Å². The van der Waals surface area contributed by atoms with Gasteiger partial charge in [0.2, 0.25) is 0 Å². The van der Waals surface area contributed by atoms with Crippen LogP contribution < -0.4 is 0 Å². The van der Waals surface area contributed by atoms with E-state index in [9.17, 15) is 4.79 Å². The summed E-state index contributed by atoms with van der Waals surface area (Å²) in [5, 5.41) is 5.80. The molecule has 4 aromatic heterocycles. The number of aromatic nitrogens is 4. The van der Waals surface area contributed by atoms with Crippen LogP contribution in [-0.4, -0.2) is 32.2 Å². The summed E-state index contributed by atoms with van der Waals surface area (Å²) in [5.41, 5.74) is 5.57. The van der Waals surface area contributed by atoms with Crippen molar-refractivity contribution in [2.24, 2.45) is 0 Å². The minimum absolute atomic E-state index is 0.324. The Hall–Kier alpha value is -4.06. The van der Waals surface area contributed by atoms with Crippen LogP contribution in [-0.2, 0) is 4.74 Å². The molecule has 1 aromatic carbocycles. The maximum atomic E-state index is 12.4. The maximum absolute atomic E-state index is 12.4. The third kappa shape index (κ3) is 2.99. The molecular formula is C24H18N4O2. The Kier molecular flexibility index (Phi) is 4.44. The summed E-state index contributed by atoms with van der Waals surface area (Å²) in [6.07, 6.45) is 5.32. The fraction of sp³-hybridized carbons (Fsp3) is 0.0833. The lowest BCUT2D eigenvalue weighted by Gasteiger charge is -2.08. The lowest BCUT2D eigenvalue weighted by Crippen LogP contribution is -2.05. The highest BCUT2D eigenvalue weighted by Gasteiger charge is 2.20. The molecular weight excluding hydrogens is 376 g/mol. The third-order valence-electron chi connectivity index (χ3n) is 4.97. The largest absolute Gasteiger partial charge is 0.462 e. The molecule has 146 valence electrons. The third-order valence-corrected chi connectivity index (χ3v) is 4.97. The van der Waals surface area contributed by atoms with E-state index in [-0.39, 0.29) is 5.97 Å². The molecule has 6 nitrogen and oxygen atoms in total. The Morgan fingerprint density at radius 2 is 1.87 bits per heavy atom. The minimum atomic E-state index is -0.355. The van der Waals surface area contributed by atoms with E-state index in [4.69, 9.17) is 9.84 Å². The van der Waals surface area contributed by atoms with Crippen LogP contribution in [0, 0.1) is 0 Å². The van der Waals surface area contributed by atoms with Gasteiger partial charge in [0.1, 0.15) is 5.69 Å². The van der Waals surface area contributed by atoms with Gasteiger partial charge < -0.3 is 4.74 Å². The van der Waals surface area contributed by atoms with Gasteiger partial charge in [-0.2, -0.15) is 5.10 Å². The van der Waals surface area contributed by atoms with Gasteiger partial charge in [0.15, 0.2) is 0 Å². The summed E-state index contributed by atoms with van der Waals surface area (Å²) in [7, 11) is 0. The van der Waals surface area contributed by atoms with Crippen molar-refractivity contribution in [2.75, 3.05) is 6.61 Å². The summed E-state index contributed by atoms with van der Waals surface area (Å²) in [5.74, 6) is -0.355. The predicted octanol–water partition coefficient (Wildman–Crippen LogP) is 4.79. The quantitative estimate of drug-likeness (QED) is 0.410. The van der Waals surface area contributed by atoms with Gasteiger partial charge in [0, 0.05) is 29.5 Å². The normalized spacial score (nSPS) is 11.1. The number of nitrogens with zero attached hydrogens (tertiary/aromatic N) is 4. The Bertz CT molecular complexity index is 1370. The molecule has 0 spiro atoms. The molecule has 0 aliphatic carbocycles. The number of benzene rings is 1. The second kappa shape index (κ2) is 7.40. The van der Waals surface area contributed by atoms with E-state index in [2.05, 4.69) is 9.97 Å². The molecule has 0 aliphatic rings. The first-order valence-corrected chi connectivity index (χ1v) is 9.71. The molecule has 0 aliphatic heterocycles. The zero-order chi connectivity index (χ0) is 20.5. The molecule has 0 bridgehead atoms. The van der Waals surface area contributed by atoms with Gasteiger partial charge in [-0.3, -0.25) is 9.97 Å². The van der Waals surface area contributed by atoms with E-state index in [0.29, 0.717) is 12.2 Å². The first-order valence-electron chi connectivity index (χ1n) is 9.71. The molecule has 6 heteroatoms. The van der Waals surface area contributed by atoms with E-state index in [0.717, 1.165) is 38.9 Å². The van der Waals surface area contributed by atoms with Gasteiger partial charge in [-0.05, 0) is 48.9 Å². The van der Waals surface area contributed by atoms with Crippen LogP contribution in [0.15, 0.2) is 79.3 Å². The van der Waals surface area contributed by atoms with Crippen molar-refractivity contribution < 1.29 is 9.53 Å². The number of ether oxygens (including phenoxy) is 1. The van der Waals surface area contributed by atoms with Crippen LogP contribution in [0.3, 0.4) is 0 Å². The first-order chi connectivity index (χ1) is 14.8. The van der Waals surface area contributed by atoms with Crippen molar-refractivity contribution in [3.05, 3.63) is 84.8 Å². The van der Waals surface area contributed by atoms with E-state index in [1.54, 1.807) is 36.1 Å². The molecule has 0 amide bonds. The number of esters is 1. The fourth-order valence-corrected chi connectivity index (χ4v) is 3.65. The molecule has 0 atom stereocenters. The highest BCUT2D eigenvalue weighted by Crippen LogP contribution is 2.37. The highest BCUT2D eigenvalue weighted by atomic mass is 16.5. The zero-order valence-electron chi connectivity index (χ0n) is 16.3. The number of pyridine rings is 3. The Morgan fingerprint density at radius 1 is 1.00 bits per heavy atom. The lowest BCUT2D eigenvalue weighted by atomic mass is 9.98. The van der Waals surface area contributed by atoms with Crippen molar-refractivity contribution in [3.8, 4) is 22.5 Å². The molecule has 0 fully saturated rings. The Labute approximate surface area is 172 Å². The smallest absolute Gasteiger partial charge is 0.338 e. The van der Waals surface area contributed by atoms with Crippen molar-refractivity contribution >= 4 is 22.4 Å². The van der Waals surface area contributed by atoms with Crippen LogP contribution in [0.25, 0.3) is 38.9 Å². The Morgan fingerprint density at radius 3 is 2.70 bits per heavy atom. The van der Waals surface area contributed by atoms with Gasteiger partial charge >= 0.3 is 5.97 Å². The summed E-state index contributed by atoms with van der Waals surface area (Å²) in [6, 6.07) is 19.2. The summed E-state index contributed by atoms with van der Waals surface area (Å²) >= 11 is 0. The number of carbonyl (C=O) groups is 1. The summed E-state index contributed by atoms with van der Waals surface area (Å²) in [6.45, 7) is 2.12. The molecule has 0 unspecified atom stereocenters. The molecule has 30 heavy (non-hydrogen) atoms. The minimum Gasteiger partial charge on any atom is -0.462 e. The zero-order valence-corrected chi connectivity index (χ0v) is 16.3. The number of para-hydroxylation sites is 1. The molecule has 0 saturated heterocycles. The molecule has 5 aromatic rings. The van der Waals surface area contributed by atoms with E-state index in [1.807, 2.05) is 54.6 Å². The SMILES string of the molecule is CCOC(=O)c1ccn2nc(-c3ccccn3)c(-c3ccnc4ccccc34)c2c1. The van der Waals surface area contributed by atoms with Gasteiger partial charge in [-0.15, -0.1) is 0 Å². The monoisotopic (exact) mass is 394 g/mol. The van der Waals surface area contributed by atoms with E-state index in [1.165, 1.54) is 0 Å². The van der Waals surface area contributed by atoms with Crippen molar-refractivity contribution in [2.45, 2.75) is 6.92 Å².